The monoisotopic (exact) mass is 438 g/mol. The lowest BCUT2D eigenvalue weighted by Crippen LogP contribution is -2.52. The van der Waals surface area contributed by atoms with E-state index in [4.69, 9.17) is 10.5 Å². The molecule has 1 heterocycles. The van der Waals surface area contributed by atoms with Crippen molar-refractivity contribution in [3.63, 3.8) is 0 Å². The number of hydrogen-bond acceptors (Lipinski definition) is 5. The molecule has 0 aromatic heterocycles. The molecule has 1 aliphatic carbocycles. The number of carbonyl (C=O) groups excluding carboxylic acids is 2. The first-order valence-corrected chi connectivity index (χ1v) is 10.7. The Morgan fingerprint density at radius 3 is 2.61 bits per heavy atom. The quantitative estimate of drug-likeness (QED) is 0.652. The van der Waals surface area contributed by atoms with Gasteiger partial charge in [-0.05, 0) is 36.5 Å². The summed E-state index contributed by atoms with van der Waals surface area (Å²) >= 11 is 0. The molecule has 3 N–H and O–H groups in total. The first-order chi connectivity index (χ1) is 14.6. The van der Waals surface area contributed by atoms with Crippen molar-refractivity contribution in [2.75, 3.05) is 43.1 Å². The number of nitrogens with one attached hydrogen (secondary N) is 1. The molecule has 0 radical (unpaired) electrons. The van der Waals surface area contributed by atoms with E-state index in [1.807, 2.05) is 0 Å². The number of ether oxygens (including phenoxy) is 1. The van der Waals surface area contributed by atoms with E-state index in [1.54, 1.807) is 6.07 Å². The topological polar surface area (TPSA) is 87.9 Å². The summed E-state index contributed by atoms with van der Waals surface area (Å²) in [6.45, 7) is 7.63. The minimum atomic E-state index is -2.81. The van der Waals surface area contributed by atoms with Crippen LogP contribution in [0, 0.1) is 5.41 Å². The van der Waals surface area contributed by atoms with Crippen molar-refractivity contribution in [2.45, 2.75) is 52.1 Å². The van der Waals surface area contributed by atoms with Crippen LogP contribution in [0.25, 0.3) is 0 Å². The zero-order valence-electron chi connectivity index (χ0n) is 18.4. The maximum Gasteiger partial charge on any atom is 0.265 e. The van der Waals surface area contributed by atoms with Crippen molar-refractivity contribution in [3.05, 3.63) is 23.8 Å². The van der Waals surface area contributed by atoms with Gasteiger partial charge in [-0.25, -0.2) is 8.78 Å². The summed E-state index contributed by atoms with van der Waals surface area (Å²) in [7, 11) is 0. The van der Waals surface area contributed by atoms with E-state index in [-0.39, 0.29) is 35.7 Å². The van der Waals surface area contributed by atoms with E-state index in [1.165, 1.54) is 17.0 Å². The fourth-order valence-electron chi connectivity index (χ4n) is 3.86. The Morgan fingerprint density at radius 1 is 1.35 bits per heavy atom. The van der Waals surface area contributed by atoms with Gasteiger partial charge in [0.05, 0.1) is 6.61 Å². The third-order valence-corrected chi connectivity index (χ3v) is 5.42. The third kappa shape index (κ3) is 5.99. The van der Waals surface area contributed by atoms with Crippen molar-refractivity contribution in [2.24, 2.45) is 11.1 Å². The number of nitrogens with two attached hydrogens (primary N) is 1. The number of rotatable bonds is 8. The molecule has 172 valence electrons. The van der Waals surface area contributed by atoms with Gasteiger partial charge in [-0.2, -0.15) is 0 Å². The molecule has 31 heavy (non-hydrogen) atoms. The predicted octanol–water partition coefficient (Wildman–Crippen LogP) is 2.76. The van der Waals surface area contributed by atoms with Crippen LogP contribution in [0.3, 0.4) is 0 Å². The van der Waals surface area contributed by atoms with E-state index in [9.17, 15) is 18.4 Å². The summed E-state index contributed by atoms with van der Waals surface area (Å²) in [6.07, 6.45) is -0.800. The van der Waals surface area contributed by atoms with Gasteiger partial charge in [0.1, 0.15) is 12.6 Å². The second kappa shape index (κ2) is 9.58. The number of alkyl halides is 2. The van der Waals surface area contributed by atoms with Crippen molar-refractivity contribution in [1.29, 1.82) is 0 Å². The largest absolute Gasteiger partial charge is 0.370 e. The van der Waals surface area contributed by atoms with Gasteiger partial charge in [0.2, 0.25) is 5.91 Å². The molecule has 1 aliphatic heterocycles. The van der Waals surface area contributed by atoms with Gasteiger partial charge in [-0.15, -0.1) is 0 Å². The van der Waals surface area contributed by atoms with Crippen LogP contribution >= 0.6 is 0 Å². The molecule has 0 spiro atoms. The molecule has 2 aliphatic rings. The minimum Gasteiger partial charge on any atom is -0.370 e. The Balaban J connectivity index is 1.81. The number of amides is 2. The maximum atomic E-state index is 13.8. The first kappa shape index (κ1) is 23.6. The molecule has 2 fully saturated rings. The Labute approximate surface area is 181 Å². The number of halogens is 2. The Bertz CT molecular complexity index is 808. The number of nitrogens with zero attached hydrogens (tertiary/aromatic N) is 2. The Kier molecular flexibility index (Phi) is 7.28. The van der Waals surface area contributed by atoms with Crippen LogP contribution in [-0.4, -0.2) is 61.6 Å². The molecule has 3 rings (SSSR count). The third-order valence-electron chi connectivity index (χ3n) is 5.42. The van der Waals surface area contributed by atoms with Crippen molar-refractivity contribution in [3.8, 4) is 0 Å². The molecule has 1 saturated heterocycles. The summed E-state index contributed by atoms with van der Waals surface area (Å²) in [4.78, 5) is 28.6. The molecule has 1 saturated carbocycles. The fourth-order valence-corrected chi connectivity index (χ4v) is 3.86. The summed E-state index contributed by atoms with van der Waals surface area (Å²) < 4.78 is 32.7. The summed E-state index contributed by atoms with van der Waals surface area (Å²) in [5.74, 6) is -0.676. The van der Waals surface area contributed by atoms with Gasteiger partial charge in [-0.1, -0.05) is 20.8 Å². The van der Waals surface area contributed by atoms with Gasteiger partial charge < -0.3 is 20.7 Å². The standard InChI is InChI=1S/C22H32F2N4O3/c1-22(2,3)13-28(14-4-5-14)18(11-25)21(30)26-17-7-6-15(10-16(17)20(23)24)27-8-9-31-12-19(27)29/h6-7,10,14,18,20H,4-5,8-9,11-13,25H2,1-3H3,(H,26,30)/t18-/m1/s1. The van der Waals surface area contributed by atoms with Crippen LogP contribution in [0.5, 0.6) is 0 Å². The number of hydrogen-bond donors (Lipinski definition) is 2. The average molecular weight is 439 g/mol. The molecule has 0 bridgehead atoms. The number of carbonyl (C=O) groups is 2. The highest BCUT2D eigenvalue weighted by molar-refractivity contribution is 5.98. The molecule has 1 aromatic rings. The number of benzene rings is 1. The molecule has 7 nitrogen and oxygen atoms in total. The van der Waals surface area contributed by atoms with Crippen molar-refractivity contribution in [1.82, 2.24) is 4.90 Å². The van der Waals surface area contributed by atoms with E-state index >= 15 is 0 Å². The summed E-state index contributed by atoms with van der Waals surface area (Å²) in [5.41, 5.74) is 5.99. The smallest absolute Gasteiger partial charge is 0.265 e. The first-order valence-electron chi connectivity index (χ1n) is 10.7. The SMILES string of the molecule is CC(C)(C)CN(C1CC1)[C@H](CN)C(=O)Nc1ccc(N2CCOCC2=O)cc1C(F)F. The highest BCUT2D eigenvalue weighted by Crippen LogP contribution is 2.34. The highest BCUT2D eigenvalue weighted by atomic mass is 19.3. The zero-order chi connectivity index (χ0) is 22.8. The van der Waals surface area contributed by atoms with Crippen molar-refractivity contribution < 1.29 is 23.1 Å². The second-order valence-electron chi connectivity index (χ2n) is 9.38. The van der Waals surface area contributed by atoms with Crippen LogP contribution in [0.2, 0.25) is 0 Å². The zero-order valence-corrected chi connectivity index (χ0v) is 18.4. The summed E-state index contributed by atoms with van der Waals surface area (Å²) in [6, 6.07) is 3.95. The fraction of sp³-hybridized carbons (Fsp3) is 0.636. The Hall–Kier alpha value is -2.10. The van der Waals surface area contributed by atoms with Gasteiger partial charge in [-0.3, -0.25) is 14.5 Å². The minimum absolute atomic E-state index is 0.0310. The number of morpholine rings is 1. The Morgan fingerprint density at radius 2 is 2.06 bits per heavy atom. The van der Waals surface area contributed by atoms with Gasteiger partial charge in [0.25, 0.3) is 12.3 Å². The van der Waals surface area contributed by atoms with E-state index < -0.39 is 18.4 Å². The van der Waals surface area contributed by atoms with Crippen LogP contribution in [0.4, 0.5) is 20.2 Å². The van der Waals surface area contributed by atoms with Crippen LogP contribution in [0.15, 0.2) is 18.2 Å². The van der Waals surface area contributed by atoms with Crippen LogP contribution in [0.1, 0.15) is 45.6 Å². The molecule has 1 aromatic carbocycles. The molecule has 2 amide bonds. The predicted molar refractivity (Wildman–Crippen MR) is 115 cm³/mol. The van der Waals surface area contributed by atoms with Gasteiger partial charge in [0, 0.05) is 42.6 Å². The molecular weight excluding hydrogens is 406 g/mol. The van der Waals surface area contributed by atoms with E-state index in [0.29, 0.717) is 31.4 Å². The molecule has 0 unspecified atom stereocenters. The lowest BCUT2D eigenvalue weighted by atomic mass is 9.95. The lowest BCUT2D eigenvalue weighted by Gasteiger charge is -2.35. The van der Waals surface area contributed by atoms with E-state index in [0.717, 1.165) is 12.8 Å². The molecule has 1 atom stereocenters. The van der Waals surface area contributed by atoms with Crippen molar-refractivity contribution >= 4 is 23.2 Å². The van der Waals surface area contributed by atoms with E-state index in [2.05, 4.69) is 31.0 Å². The molecular formula is C22H32F2N4O3. The summed E-state index contributed by atoms with van der Waals surface area (Å²) in [5, 5.41) is 2.66. The molecule has 9 heteroatoms. The second-order valence-corrected chi connectivity index (χ2v) is 9.38. The normalized spacial score (nSPS) is 18.6. The lowest BCUT2D eigenvalue weighted by molar-refractivity contribution is -0.125. The van der Waals surface area contributed by atoms with Gasteiger partial charge >= 0.3 is 0 Å². The maximum absolute atomic E-state index is 13.8. The van der Waals surface area contributed by atoms with Crippen LogP contribution in [-0.2, 0) is 14.3 Å². The highest BCUT2D eigenvalue weighted by Gasteiger charge is 2.38. The average Bonchev–Trinajstić information content (AvgIpc) is 3.53. The number of anilines is 2. The van der Waals surface area contributed by atoms with Gasteiger partial charge in [0.15, 0.2) is 0 Å². The van der Waals surface area contributed by atoms with Crippen LogP contribution < -0.4 is 16.0 Å².